The molecule has 0 radical (unpaired) electrons. The van der Waals surface area contributed by atoms with Gasteiger partial charge >= 0.3 is 5.97 Å². The topological polar surface area (TPSA) is 26.3 Å². The van der Waals surface area contributed by atoms with Gasteiger partial charge in [0.25, 0.3) is 0 Å². The van der Waals surface area contributed by atoms with Crippen LogP contribution in [0.1, 0.15) is 72.1 Å². The zero-order valence-electron chi connectivity index (χ0n) is 17.1. The molecule has 0 amide bonds. The maximum Gasteiger partial charge on any atom is 0.302 e. The summed E-state index contributed by atoms with van der Waals surface area (Å²) in [5.41, 5.74) is 2.51. The van der Waals surface area contributed by atoms with E-state index in [-0.39, 0.29) is 12.1 Å². The van der Waals surface area contributed by atoms with Crippen LogP contribution < -0.4 is 0 Å². The number of ether oxygens (including phenoxy) is 1. The molecule has 0 unspecified atom stereocenters. The van der Waals surface area contributed by atoms with Crippen LogP contribution in [0.15, 0.2) is 11.6 Å². The highest BCUT2D eigenvalue weighted by Gasteiger charge is 2.65. The average Bonchev–Trinajstić information content (AvgIpc) is 3.21. The fraction of sp³-hybridized carbons (Fsp3) is 0.870. The maximum atomic E-state index is 11.4. The van der Waals surface area contributed by atoms with Crippen LogP contribution in [-0.4, -0.2) is 27.7 Å². The Kier molecular flexibility index (Phi) is 4.52. The Hall–Kier alpha value is -0.0900. The molecule has 1 saturated heterocycles. The zero-order valence-corrected chi connectivity index (χ0v) is 18.7. The molecule has 4 fully saturated rings. The van der Waals surface area contributed by atoms with Crippen molar-refractivity contribution in [1.82, 2.24) is 0 Å². The smallest absolute Gasteiger partial charge is 0.302 e. The summed E-state index contributed by atoms with van der Waals surface area (Å²) in [6.45, 7) is 6.76. The summed E-state index contributed by atoms with van der Waals surface area (Å²) in [6, 6.07) is 0. The third kappa shape index (κ3) is 2.64. The molecule has 1 aliphatic heterocycles. The van der Waals surface area contributed by atoms with Crippen molar-refractivity contribution in [2.75, 3.05) is 11.5 Å². The minimum Gasteiger partial charge on any atom is -0.462 e. The van der Waals surface area contributed by atoms with E-state index in [9.17, 15) is 4.79 Å². The Labute approximate surface area is 173 Å². The summed E-state index contributed by atoms with van der Waals surface area (Å²) in [5.74, 6) is 5.24. The van der Waals surface area contributed by atoms with Crippen molar-refractivity contribution >= 4 is 29.5 Å². The molecule has 4 heteroatoms. The van der Waals surface area contributed by atoms with Gasteiger partial charge in [-0.3, -0.25) is 4.79 Å². The van der Waals surface area contributed by atoms with Crippen molar-refractivity contribution in [2.24, 2.45) is 28.6 Å². The summed E-state index contributed by atoms with van der Waals surface area (Å²) < 4.78 is 6.11. The molecule has 0 aromatic carbocycles. The lowest BCUT2D eigenvalue weighted by atomic mass is 9.48. The summed E-state index contributed by atoms with van der Waals surface area (Å²) in [4.78, 5) is 11.4. The number of carbonyl (C=O) groups is 1. The standard InChI is InChI=1S/C23H34O2S2/c1-15(24)25-17-6-9-21(2)16(14-17)4-5-18-19(21)7-10-22(3)20(18)8-11-23(22)26-12-13-27-23/h4,17-20H,5-14H2,1-3H3/t17-,18+,19-,20-,21+,22-/m1/s1. The third-order valence-corrected chi connectivity index (χ3v) is 13.2. The molecule has 5 rings (SSSR count). The van der Waals surface area contributed by atoms with Crippen LogP contribution in [0.4, 0.5) is 0 Å². The number of esters is 1. The van der Waals surface area contributed by atoms with E-state index < -0.39 is 0 Å². The Morgan fingerprint density at radius 1 is 1.07 bits per heavy atom. The first-order valence-electron chi connectivity index (χ1n) is 11.0. The lowest BCUT2D eigenvalue weighted by Gasteiger charge is -2.59. The Bertz CT molecular complexity index is 667. The van der Waals surface area contributed by atoms with Gasteiger partial charge < -0.3 is 4.74 Å². The first-order valence-corrected chi connectivity index (χ1v) is 13.0. The van der Waals surface area contributed by atoms with Crippen molar-refractivity contribution in [3.05, 3.63) is 11.6 Å². The maximum absolute atomic E-state index is 11.4. The van der Waals surface area contributed by atoms with E-state index in [1.165, 1.54) is 50.0 Å². The van der Waals surface area contributed by atoms with Crippen LogP contribution in [0, 0.1) is 28.6 Å². The van der Waals surface area contributed by atoms with Crippen LogP contribution in [-0.2, 0) is 9.53 Å². The third-order valence-electron chi connectivity index (χ3n) is 9.19. The van der Waals surface area contributed by atoms with Crippen LogP contribution in [0.3, 0.4) is 0 Å². The van der Waals surface area contributed by atoms with E-state index in [1.807, 2.05) is 0 Å². The first kappa shape index (κ1) is 18.9. The van der Waals surface area contributed by atoms with Crippen LogP contribution in [0.5, 0.6) is 0 Å². The monoisotopic (exact) mass is 406 g/mol. The molecule has 3 saturated carbocycles. The minimum absolute atomic E-state index is 0.117. The van der Waals surface area contributed by atoms with Gasteiger partial charge in [0.1, 0.15) is 6.10 Å². The molecule has 2 nitrogen and oxygen atoms in total. The number of fused-ring (bicyclic) bond motifs is 6. The number of thioether (sulfide) groups is 2. The number of carbonyl (C=O) groups excluding carboxylic acids is 1. The lowest BCUT2D eigenvalue weighted by Crippen LogP contribution is -2.52. The Morgan fingerprint density at radius 3 is 2.56 bits per heavy atom. The fourth-order valence-corrected chi connectivity index (χ4v) is 11.7. The number of allylic oxidation sites excluding steroid dienone is 1. The lowest BCUT2D eigenvalue weighted by molar-refractivity contribution is -0.148. The average molecular weight is 407 g/mol. The minimum atomic E-state index is -0.117. The Balaban J connectivity index is 1.41. The highest BCUT2D eigenvalue weighted by atomic mass is 32.2. The highest BCUT2D eigenvalue weighted by molar-refractivity contribution is 8.21. The largest absolute Gasteiger partial charge is 0.462 e. The predicted octanol–water partition coefficient (Wildman–Crippen LogP) is 6.06. The van der Waals surface area contributed by atoms with Gasteiger partial charge in [0, 0.05) is 24.9 Å². The molecule has 5 aliphatic rings. The summed E-state index contributed by atoms with van der Waals surface area (Å²) in [5, 5.41) is 0. The molecule has 4 aliphatic carbocycles. The van der Waals surface area contributed by atoms with Gasteiger partial charge in [-0.25, -0.2) is 0 Å². The van der Waals surface area contributed by atoms with E-state index in [0.29, 0.717) is 14.9 Å². The number of hydrogen-bond donors (Lipinski definition) is 0. The highest BCUT2D eigenvalue weighted by Crippen LogP contribution is 2.73. The number of rotatable bonds is 1. The predicted molar refractivity (Wildman–Crippen MR) is 115 cm³/mol. The van der Waals surface area contributed by atoms with Gasteiger partial charge in [0.15, 0.2) is 0 Å². The van der Waals surface area contributed by atoms with Crippen LogP contribution in [0.25, 0.3) is 0 Å². The Morgan fingerprint density at radius 2 is 1.81 bits per heavy atom. The summed E-state index contributed by atoms with van der Waals surface area (Å²) in [6.07, 6.45) is 12.9. The summed E-state index contributed by atoms with van der Waals surface area (Å²) >= 11 is 4.61. The number of hydrogen-bond acceptors (Lipinski definition) is 4. The molecule has 1 spiro atoms. The van der Waals surface area contributed by atoms with Gasteiger partial charge in [-0.2, -0.15) is 0 Å². The molecule has 6 atom stereocenters. The van der Waals surface area contributed by atoms with E-state index in [4.69, 9.17) is 4.74 Å². The van der Waals surface area contributed by atoms with E-state index in [2.05, 4.69) is 43.4 Å². The molecular weight excluding hydrogens is 372 g/mol. The van der Waals surface area contributed by atoms with E-state index in [0.717, 1.165) is 30.6 Å². The van der Waals surface area contributed by atoms with Gasteiger partial charge in [-0.1, -0.05) is 25.5 Å². The molecule has 0 aromatic heterocycles. The molecule has 150 valence electrons. The molecule has 0 bridgehead atoms. The first-order chi connectivity index (χ1) is 12.9. The molecule has 0 aromatic rings. The van der Waals surface area contributed by atoms with Gasteiger partial charge in [0.05, 0.1) is 4.08 Å². The van der Waals surface area contributed by atoms with Crippen LogP contribution >= 0.6 is 23.5 Å². The molecular formula is C23H34O2S2. The van der Waals surface area contributed by atoms with Crippen molar-refractivity contribution in [3.8, 4) is 0 Å². The van der Waals surface area contributed by atoms with Gasteiger partial charge in [0.2, 0.25) is 0 Å². The second-order valence-corrected chi connectivity index (χ2v) is 13.2. The molecule has 1 heterocycles. The zero-order chi connectivity index (χ0) is 18.9. The summed E-state index contributed by atoms with van der Waals surface area (Å²) in [7, 11) is 0. The van der Waals surface area contributed by atoms with Crippen LogP contribution in [0.2, 0.25) is 0 Å². The second-order valence-electron chi connectivity index (χ2n) is 10.2. The normalized spacial score (nSPS) is 47.7. The quantitative estimate of drug-likeness (QED) is 0.391. The second kappa shape index (κ2) is 6.45. The van der Waals surface area contributed by atoms with E-state index in [1.54, 1.807) is 12.5 Å². The van der Waals surface area contributed by atoms with E-state index >= 15 is 0 Å². The van der Waals surface area contributed by atoms with Gasteiger partial charge in [-0.15, -0.1) is 23.5 Å². The van der Waals surface area contributed by atoms with Crippen molar-refractivity contribution in [2.45, 2.75) is 82.3 Å². The van der Waals surface area contributed by atoms with Crippen molar-refractivity contribution < 1.29 is 9.53 Å². The molecule has 27 heavy (non-hydrogen) atoms. The molecule has 0 N–H and O–H groups in total. The SMILES string of the molecule is CC(=O)O[C@@H]1CC[C@@]2(C)C(=CC[C@H]3[C@H]2CC[C@]2(C)[C@@H]3CCC23SCCS3)C1. The van der Waals surface area contributed by atoms with Gasteiger partial charge in [-0.05, 0) is 73.5 Å². The fourth-order valence-electron chi connectivity index (χ4n) is 7.85. The van der Waals surface area contributed by atoms with Crippen molar-refractivity contribution in [1.29, 1.82) is 0 Å². The van der Waals surface area contributed by atoms with Crippen molar-refractivity contribution in [3.63, 3.8) is 0 Å².